The first-order valence-electron chi connectivity index (χ1n) is 8.45. The van der Waals surface area contributed by atoms with E-state index in [2.05, 4.69) is 0 Å². The average molecular weight is 336 g/mol. The van der Waals surface area contributed by atoms with Gasteiger partial charge in [-0.05, 0) is 44.2 Å². The molecule has 23 heavy (non-hydrogen) atoms. The molecule has 2 aliphatic heterocycles. The number of carbonyl (C=O) groups is 1. The monoisotopic (exact) mass is 336 g/mol. The molecule has 2 unspecified atom stereocenters. The Morgan fingerprint density at radius 1 is 1.09 bits per heavy atom. The van der Waals surface area contributed by atoms with Crippen LogP contribution >= 0.6 is 11.8 Å². The number of benzene rings is 1. The Labute approximate surface area is 141 Å². The molecule has 2 atom stereocenters. The Bertz CT molecular complexity index is 507. The molecule has 0 aliphatic carbocycles. The SMILES string of the molecule is O=C(OCC1CCCCO1)c1ccccc1SCC1CCCO1. The summed E-state index contributed by atoms with van der Waals surface area (Å²) < 4.78 is 16.7. The summed E-state index contributed by atoms with van der Waals surface area (Å²) >= 11 is 1.68. The van der Waals surface area contributed by atoms with Crippen molar-refractivity contribution in [3.05, 3.63) is 29.8 Å². The first kappa shape index (κ1) is 16.8. The van der Waals surface area contributed by atoms with Crippen LogP contribution in [0.4, 0.5) is 0 Å². The fourth-order valence-electron chi connectivity index (χ4n) is 2.90. The molecule has 2 fully saturated rings. The summed E-state index contributed by atoms with van der Waals surface area (Å²) in [5.74, 6) is 0.630. The van der Waals surface area contributed by atoms with E-state index < -0.39 is 0 Å². The highest BCUT2D eigenvalue weighted by Crippen LogP contribution is 2.27. The summed E-state index contributed by atoms with van der Waals surface area (Å²) in [5, 5.41) is 0. The summed E-state index contributed by atoms with van der Waals surface area (Å²) in [7, 11) is 0. The van der Waals surface area contributed by atoms with Gasteiger partial charge in [-0.25, -0.2) is 4.79 Å². The third-order valence-electron chi connectivity index (χ3n) is 4.23. The smallest absolute Gasteiger partial charge is 0.339 e. The van der Waals surface area contributed by atoms with Crippen LogP contribution in [0.25, 0.3) is 0 Å². The molecule has 0 aromatic heterocycles. The van der Waals surface area contributed by atoms with Crippen LogP contribution in [0, 0.1) is 0 Å². The average Bonchev–Trinajstić information content (AvgIpc) is 3.12. The Morgan fingerprint density at radius 3 is 2.65 bits per heavy atom. The zero-order chi connectivity index (χ0) is 15.9. The minimum atomic E-state index is -0.255. The minimum Gasteiger partial charge on any atom is -0.459 e. The topological polar surface area (TPSA) is 44.8 Å². The van der Waals surface area contributed by atoms with Gasteiger partial charge < -0.3 is 14.2 Å². The predicted molar refractivity (Wildman–Crippen MR) is 90.0 cm³/mol. The van der Waals surface area contributed by atoms with Crippen molar-refractivity contribution in [3.8, 4) is 0 Å². The van der Waals surface area contributed by atoms with Gasteiger partial charge in [-0.3, -0.25) is 0 Å². The molecule has 1 aromatic rings. The van der Waals surface area contributed by atoms with Gasteiger partial charge in [-0.15, -0.1) is 11.8 Å². The standard InChI is InChI=1S/C18H24O4S/c19-18(22-12-14-6-3-4-10-20-14)16-8-1-2-9-17(16)23-13-15-7-5-11-21-15/h1-2,8-9,14-15H,3-7,10-13H2. The first-order chi connectivity index (χ1) is 11.3. The molecule has 3 rings (SSSR count). The maximum absolute atomic E-state index is 12.4. The van der Waals surface area contributed by atoms with Crippen molar-refractivity contribution in [3.63, 3.8) is 0 Å². The molecule has 5 heteroatoms. The molecule has 126 valence electrons. The quantitative estimate of drug-likeness (QED) is 0.586. The van der Waals surface area contributed by atoms with Crippen LogP contribution in [-0.2, 0) is 14.2 Å². The van der Waals surface area contributed by atoms with Crippen LogP contribution in [-0.4, -0.2) is 43.8 Å². The third kappa shape index (κ3) is 4.96. The van der Waals surface area contributed by atoms with E-state index in [9.17, 15) is 4.79 Å². The van der Waals surface area contributed by atoms with Crippen molar-refractivity contribution in [2.24, 2.45) is 0 Å². The van der Waals surface area contributed by atoms with Gasteiger partial charge in [0.1, 0.15) is 6.61 Å². The van der Waals surface area contributed by atoms with E-state index in [4.69, 9.17) is 14.2 Å². The van der Waals surface area contributed by atoms with Crippen molar-refractivity contribution in [2.45, 2.75) is 49.2 Å². The Hall–Kier alpha value is -1.04. The normalized spacial score (nSPS) is 24.5. The van der Waals surface area contributed by atoms with Crippen molar-refractivity contribution in [1.82, 2.24) is 0 Å². The minimum absolute atomic E-state index is 0.0550. The second-order valence-electron chi connectivity index (χ2n) is 6.03. The Balaban J connectivity index is 1.53. The number of rotatable bonds is 6. The number of hydrogen-bond acceptors (Lipinski definition) is 5. The van der Waals surface area contributed by atoms with Gasteiger partial charge in [-0.1, -0.05) is 12.1 Å². The van der Waals surface area contributed by atoms with E-state index in [0.717, 1.165) is 56.0 Å². The number of hydrogen-bond donors (Lipinski definition) is 0. The number of carbonyl (C=O) groups excluding carboxylic acids is 1. The van der Waals surface area contributed by atoms with E-state index >= 15 is 0 Å². The molecular weight excluding hydrogens is 312 g/mol. The van der Waals surface area contributed by atoms with Crippen molar-refractivity contribution in [1.29, 1.82) is 0 Å². The first-order valence-corrected chi connectivity index (χ1v) is 9.43. The fraction of sp³-hybridized carbons (Fsp3) is 0.611. The molecule has 0 amide bonds. The molecule has 2 aliphatic rings. The molecule has 4 nitrogen and oxygen atoms in total. The maximum atomic E-state index is 12.4. The van der Waals surface area contributed by atoms with Gasteiger partial charge in [0, 0.05) is 23.9 Å². The van der Waals surface area contributed by atoms with Gasteiger partial charge in [0.25, 0.3) is 0 Å². The largest absolute Gasteiger partial charge is 0.459 e. The molecular formula is C18H24O4S. The lowest BCUT2D eigenvalue weighted by Gasteiger charge is -2.22. The lowest BCUT2D eigenvalue weighted by Crippen LogP contribution is -2.26. The molecule has 0 spiro atoms. The highest BCUT2D eigenvalue weighted by Gasteiger charge is 2.20. The van der Waals surface area contributed by atoms with E-state index in [1.807, 2.05) is 24.3 Å². The van der Waals surface area contributed by atoms with Crippen LogP contribution in [0.5, 0.6) is 0 Å². The van der Waals surface area contributed by atoms with Crippen LogP contribution in [0.15, 0.2) is 29.2 Å². The van der Waals surface area contributed by atoms with Gasteiger partial charge in [-0.2, -0.15) is 0 Å². The highest BCUT2D eigenvalue weighted by molar-refractivity contribution is 7.99. The number of thioether (sulfide) groups is 1. The van der Waals surface area contributed by atoms with Gasteiger partial charge >= 0.3 is 5.97 Å². The lowest BCUT2D eigenvalue weighted by molar-refractivity contribution is -0.0301. The summed E-state index contributed by atoms with van der Waals surface area (Å²) in [4.78, 5) is 13.4. The fourth-order valence-corrected chi connectivity index (χ4v) is 4.01. The van der Waals surface area contributed by atoms with Crippen molar-refractivity contribution < 1.29 is 19.0 Å². The van der Waals surface area contributed by atoms with Crippen molar-refractivity contribution in [2.75, 3.05) is 25.6 Å². The van der Waals surface area contributed by atoms with Crippen LogP contribution < -0.4 is 0 Å². The zero-order valence-corrected chi connectivity index (χ0v) is 14.2. The summed E-state index contributed by atoms with van der Waals surface area (Å²) in [6.45, 7) is 1.98. The Morgan fingerprint density at radius 2 is 1.87 bits per heavy atom. The second kappa shape index (κ2) is 8.71. The van der Waals surface area contributed by atoms with Gasteiger partial charge in [0.05, 0.1) is 17.8 Å². The third-order valence-corrected chi connectivity index (χ3v) is 5.44. The van der Waals surface area contributed by atoms with Gasteiger partial charge in [0.2, 0.25) is 0 Å². The highest BCUT2D eigenvalue weighted by atomic mass is 32.2. The molecule has 0 N–H and O–H groups in total. The Kier molecular flexibility index (Phi) is 6.37. The van der Waals surface area contributed by atoms with E-state index in [0.29, 0.717) is 18.3 Å². The molecule has 0 radical (unpaired) electrons. The van der Waals surface area contributed by atoms with E-state index in [-0.39, 0.29) is 12.1 Å². The predicted octanol–water partition coefficient (Wildman–Crippen LogP) is 3.68. The van der Waals surface area contributed by atoms with E-state index in [1.165, 1.54) is 0 Å². The molecule has 0 saturated carbocycles. The zero-order valence-electron chi connectivity index (χ0n) is 13.4. The summed E-state index contributed by atoms with van der Waals surface area (Å²) in [5.41, 5.74) is 0.645. The summed E-state index contributed by atoms with van der Waals surface area (Å²) in [6, 6.07) is 7.65. The molecule has 0 bridgehead atoms. The molecule has 1 aromatic carbocycles. The second-order valence-corrected chi connectivity index (χ2v) is 7.09. The maximum Gasteiger partial charge on any atom is 0.339 e. The number of esters is 1. The van der Waals surface area contributed by atoms with Crippen molar-refractivity contribution >= 4 is 17.7 Å². The van der Waals surface area contributed by atoms with Crippen LogP contribution in [0.1, 0.15) is 42.5 Å². The molecule has 2 heterocycles. The van der Waals surface area contributed by atoms with Crippen LogP contribution in [0.2, 0.25) is 0 Å². The molecule has 2 saturated heterocycles. The number of ether oxygens (including phenoxy) is 3. The lowest BCUT2D eigenvalue weighted by atomic mass is 10.1. The van der Waals surface area contributed by atoms with Crippen LogP contribution in [0.3, 0.4) is 0 Å². The summed E-state index contributed by atoms with van der Waals surface area (Å²) in [6.07, 6.45) is 5.83. The van der Waals surface area contributed by atoms with E-state index in [1.54, 1.807) is 11.8 Å². The van der Waals surface area contributed by atoms with Gasteiger partial charge in [0.15, 0.2) is 0 Å².